The van der Waals surface area contributed by atoms with Gasteiger partial charge < -0.3 is 0 Å². The van der Waals surface area contributed by atoms with Crippen LogP contribution >= 0.6 is 11.3 Å². The molecule has 5 heteroatoms. The first-order chi connectivity index (χ1) is 15.2. The Balaban J connectivity index is 1.89. The molecular weight excluding hydrogens is 414 g/mol. The molecule has 0 saturated carbocycles. The lowest BCUT2D eigenvalue weighted by molar-refractivity contribution is 0.590. The molecule has 0 aliphatic carbocycles. The number of aryl methyl sites for hydroxylation is 2. The van der Waals surface area contributed by atoms with Gasteiger partial charge in [-0.05, 0) is 47.6 Å². The molecule has 32 heavy (non-hydrogen) atoms. The van der Waals surface area contributed by atoms with Crippen molar-refractivity contribution in [2.45, 2.75) is 53.0 Å². The van der Waals surface area contributed by atoms with E-state index in [1.165, 1.54) is 10.4 Å². The summed E-state index contributed by atoms with van der Waals surface area (Å²) in [4.78, 5) is 20.5. The van der Waals surface area contributed by atoms with Gasteiger partial charge in [0.2, 0.25) is 0 Å². The highest BCUT2D eigenvalue weighted by atomic mass is 32.1. The Bertz CT molecular complexity index is 1400. The second kappa shape index (κ2) is 8.37. The van der Waals surface area contributed by atoms with E-state index in [9.17, 15) is 10.1 Å². The smallest absolute Gasteiger partial charge is 0.263 e. The molecule has 0 saturated heterocycles. The van der Waals surface area contributed by atoms with Crippen molar-refractivity contribution in [2.75, 3.05) is 0 Å². The summed E-state index contributed by atoms with van der Waals surface area (Å²) >= 11 is 1.61. The zero-order valence-corrected chi connectivity index (χ0v) is 20.0. The second-order valence-corrected chi connectivity index (χ2v) is 10.2. The topological polar surface area (TPSA) is 58.7 Å². The highest BCUT2D eigenvalue weighted by molar-refractivity contribution is 7.19. The molecule has 0 atom stereocenters. The fourth-order valence-corrected chi connectivity index (χ4v) is 5.20. The number of nitrogens with zero attached hydrogens (tertiary/aromatic N) is 3. The summed E-state index contributed by atoms with van der Waals surface area (Å²) in [5.74, 6) is 0.684. The number of hydrogen-bond donors (Lipinski definition) is 0. The lowest BCUT2D eigenvalue weighted by atomic mass is 9.86. The molecule has 0 unspecified atom stereocenters. The maximum absolute atomic E-state index is 13.7. The molecule has 162 valence electrons. The van der Waals surface area contributed by atoms with Crippen molar-refractivity contribution in [3.05, 3.63) is 86.3 Å². The number of thiophene rings is 1. The minimum atomic E-state index is -0.0271. The molecule has 0 aliphatic rings. The molecule has 0 amide bonds. The minimum absolute atomic E-state index is 0.0271. The van der Waals surface area contributed by atoms with E-state index >= 15 is 0 Å². The van der Waals surface area contributed by atoms with E-state index in [-0.39, 0.29) is 11.0 Å². The third-order valence-corrected chi connectivity index (χ3v) is 7.06. The Kier molecular flexibility index (Phi) is 5.75. The normalized spacial score (nSPS) is 11.6. The number of hydrogen-bond acceptors (Lipinski definition) is 4. The van der Waals surface area contributed by atoms with E-state index in [2.05, 4.69) is 58.0 Å². The zero-order valence-electron chi connectivity index (χ0n) is 19.2. The molecule has 0 bridgehead atoms. The van der Waals surface area contributed by atoms with E-state index in [1.54, 1.807) is 22.0 Å². The van der Waals surface area contributed by atoms with E-state index in [4.69, 9.17) is 4.98 Å². The van der Waals surface area contributed by atoms with Crippen molar-refractivity contribution in [2.24, 2.45) is 0 Å². The van der Waals surface area contributed by atoms with Crippen molar-refractivity contribution in [1.29, 1.82) is 5.26 Å². The standard InChI is InChI=1S/C27H27N3OS/c1-6-22-23(20-10-12-21(13-11-20)27(3,4)5)24-25(32-22)29-17(2)30(26(24)31)16-19-9-7-8-18(14-19)15-28/h7-14H,6,16H2,1-5H3. The van der Waals surface area contributed by atoms with Crippen LogP contribution in [0.25, 0.3) is 21.3 Å². The molecule has 2 aromatic carbocycles. The number of rotatable bonds is 4. The number of nitriles is 1. The molecule has 0 spiro atoms. The van der Waals surface area contributed by atoms with Crippen LogP contribution < -0.4 is 5.56 Å². The molecule has 4 aromatic rings. The van der Waals surface area contributed by atoms with Gasteiger partial charge in [0.15, 0.2) is 0 Å². The van der Waals surface area contributed by atoms with Gasteiger partial charge in [-0.25, -0.2) is 4.98 Å². The predicted octanol–water partition coefficient (Wildman–Crippen LogP) is 6.21. The molecule has 0 fully saturated rings. The van der Waals surface area contributed by atoms with Crippen LogP contribution in [0.3, 0.4) is 0 Å². The van der Waals surface area contributed by atoms with Crippen LogP contribution in [0.5, 0.6) is 0 Å². The van der Waals surface area contributed by atoms with Crippen molar-refractivity contribution < 1.29 is 0 Å². The lowest BCUT2D eigenvalue weighted by Gasteiger charge is -2.19. The van der Waals surface area contributed by atoms with E-state index in [0.29, 0.717) is 23.3 Å². The summed E-state index contributed by atoms with van der Waals surface area (Å²) in [7, 11) is 0. The first-order valence-electron chi connectivity index (χ1n) is 10.9. The molecule has 0 aliphatic heterocycles. The predicted molar refractivity (Wildman–Crippen MR) is 132 cm³/mol. The molecular formula is C27H27N3OS. The van der Waals surface area contributed by atoms with Gasteiger partial charge in [-0.3, -0.25) is 9.36 Å². The summed E-state index contributed by atoms with van der Waals surface area (Å²) < 4.78 is 1.72. The largest absolute Gasteiger partial charge is 0.292 e. The van der Waals surface area contributed by atoms with Crippen LogP contribution in [0, 0.1) is 18.3 Å². The van der Waals surface area contributed by atoms with Gasteiger partial charge in [0.25, 0.3) is 5.56 Å². The Hall–Kier alpha value is -3.23. The summed E-state index contributed by atoms with van der Waals surface area (Å²) in [6, 6.07) is 18.1. The van der Waals surface area contributed by atoms with Crippen LogP contribution in [0.1, 0.15) is 55.1 Å². The molecule has 0 radical (unpaired) electrons. The van der Waals surface area contributed by atoms with Gasteiger partial charge in [0.1, 0.15) is 10.7 Å². The maximum Gasteiger partial charge on any atom is 0.263 e. The number of benzene rings is 2. The fourth-order valence-electron chi connectivity index (χ4n) is 4.03. The molecule has 4 nitrogen and oxygen atoms in total. The second-order valence-electron chi connectivity index (χ2n) is 9.12. The van der Waals surface area contributed by atoms with Crippen molar-refractivity contribution in [3.8, 4) is 17.2 Å². The maximum atomic E-state index is 13.7. The van der Waals surface area contributed by atoms with Gasteiger partial charge in [0, 0.05) is 10.4 Å². The summed E-state index contributed by atoms with van der Waals surface area (Å²) in [5, 5.41) is 9.90. The van der Waals surface area contributed by atoms with Crippen LogP contribution in [-0.2, 0) is 18.4 Å². The fraction of sp³-hybridized carbons (Fsp3) is 0.296. The molecule has 0 N–H and O–H groups in total. The van der Waals surface area contributed by atoms with Crippen LogP contribution in [0.15, 0.2) is 53.3 Å². The third kappa shape index (κ3) is 3.99. The Morgan fingerprint density at radius 3 is 2.47 bits per heavy atom. The molecule has 2 heterocycles. The van der Waals surface area contributed by atoms with Gasteiger partial charge in [-0.15, -0.1) is 11.3 Å². The van der Waals surface area contributed by atoms with E-state index in [1.807, 2.05) is 25.1 Å². The van der Waals surface area contributed by atoms with Crippen molar-refractivity contribution in [1.82, 2.24) is 9.55 Å². The average molecular weight is 442 g/mol. The Morgan fingerprint density at radius 2 is 1.84 bits per heavy atom. The number of aromatic nitrogens is 2. The molecule has 4 rings (SSSR count). The molecule has 2 aromatic heterocycles. The Labute approximate surface area is 192 Å². The highest BCUT2D eigenvalue weighted by Gasteiger charge is 2.21. The van der Waals surface area contributed by atoms with Gasteiger partial charge >= 0.3 is 0 Å². The summed E-state index contributed by atoms with van der Waals surface area (Å²) in [6.45, 7) is 11.0. The minimum Gasteiger partial charge on any atom is -0.292 e. The first kappa shape index (κ1) is 22.0. The highest BCUT2D eigenvalue weighted by Crippen LogP contribution is 2.37. The van der Waals surface area contributed by atoms with Gasteiger partial charge in [0.05, 0.1) is 23.6 Å². The average Bonchev–Trinajstić information content (AvgIpc) is 3.14. The third-order valence-electron chi connectivity index (χ3n) is 5.83. The lowest BCUT2D eigenvalue weighted by Crippen LogP contribution is -2.24. The van der Waals surface area contributed by atoms with E-state index < -0.39 is 0 Å². The summed E-state index contributed by atoms with van der Waals surface area (Å²) in [6.07, 6.45) is 0.847. The van der Waals surface area contributed by atoms with E-state index in [0.717, 1.165) is 27.9 Å². The van der Waals surface area contributed by atoms with Crippen LogP contribution in [0.4, 0.5) is 0 Å². The first-order valence-corrected chi connectivity index (χ1v) is 11.7. The quantitative estimate of drug-likeness (QED) is 0.378. The van der Waals surface area contributed by atoms with Crippen molar-refractivity contribution >= 4 is 21.6 Å². The zero-order chi connectivity index (χ0) is 23.0. The van der Waals surface area contributed by atoms with Gasteiger partial charge in [-0.1, -0.05) is 64.1 Å². The van der Waals surface area contributed by atoms with Crippen LogP contribution in [-0.4, -0.2) is 9.55 Å². The SMILES string of the molecule is CCc1sc2nc(C)n(Cc3cccc(C#N)c3)c(=O)c2c1-c1ccc(C(C)(C)C)cc1. The van der Waals surface area contributed by atoms with Crippen LogP contribution in [0.2, 0.25) is 0 Å². The summed E-state index contributed by atoms with van der Waals surface area (Å²) in [5.41, 5.74) is 4.88. The number of fused-ring (bicyclic) bond motifs is 1. The van der Waals surface area contributed by atoms with Gasteiger partial charge in [-0.2, -0.15) is 5.26 Å². The Morgan fingerprint density at radius 1 is 1.12 bits per heavy atom. The van der Waals surface area contributed by atoms with Crippen molar-refractivity contribution in [3.63, 3.8) is 0 Å². The monoisotopic (exact) mass is 441 g/mol.